The van der Waals surface area contributed by atoms with Crippen LogP contribution in [0.5, 0.6) is 11.5 Å². The van der Waals surface area contributed by atoms with Crippen molar-refractivity contribution in [3.63, 3.8) is 0 Å². The van der Waals surface area contributed by atoms with E-state index in [-0.39, 0.29) is 17.6 Å². The van der Waals surface area contributed by atoms with Gasteiger partial charge in [0.15, 0.2) is 0 Å². The summed E-state index contributed by atoms with van der Waals surface area (Å²) >= 11 is 6.04. The molecule has 3 rings (SSSR count). The van der Waals surface area contributed by atoms with Crippen LogP contribution in [-0.2, 0) is 4.74 Å². The average Bonchev–Trinajstić information content (AvgIpc) is 2.68. The Bertz CT molecular complexity index is 857. The van der Waals surface area contributed by atoms with Gasteiger partial charge in [-0.2, -0.15) is 5.26 Å². The van der Waals surface area contributed by atoms with Gasteiger partial charge in [-0.15, -0.1) is 0 Å². The van der Waals surface area contributed by atoms with Gasteiger partial charge in [-0.25, -0.2) is 0 Å². The second-order valence-electron chi connectivity index (χ2n) is 6.53. The summed E-state index contributed by atoms with van der Waals surface area (Å²) in [7, 11) is 1.78. The molecular formula is C21H21ClN2O3. The lowest BCUT2D eigenvalue weighted by Crippen LogP contribution is -2.37. The van der Waals surface area contributed by atoms with Gasteiger partial charge in [0.25, 0.3) is 5.91 Å². The minimum Gasteiger partial charge on any atom is -0.456 e. The van der Waals surface area contributed by atoms with E-state index in [9.17, 15) is 10.1 Å². The number of likely N-dealkylation sites (N-methyl/N-ethyl adjacent to an activating group) is 1. The van der Waals surface area contributed by atoms with Gasteiger partial charge in [-0.3, -0.25) is 4.79 Å². The zero-order chi connectivity index (χ0) is 19.2. The zero-order valence-electron chi connectivity index (χ0n) is 15.2. The molecule has 1 unspecified atom stereocenters. The molecule has 0 spiro atoms. The van der Waals surface area contributed by atoms with E-state index in [1.54, 1.807) is 54.4 Å². The predicted molar refractivity (Wildman–Crippen MR) is 103 cm³/mol. The van der Waals surface area contributed by atoms with E-state index in [1.807, 2.05) is 6.07 Å². The van der Waals surface area contributed by atoms with Crippen LogP contribution < -0.4 is 4.74 Å². The molecule has 6 heteroatoms. The maximum atomic E-state index is 12.7. The third-order valence-electron chi connectivity index (χ3n) is 4.49. The number of hydrogen-bond acceptors (Lipinski definition) is 4. The van der Waals surface area contributed by atoms with Crippen LogP contribution in [0.4, 0.5) is 0 Å². The largest absolute Gasteiger partial charge is 0.456 e. The van der Waals surface area contributed by atoms with Crippen molar-refractivity contribution in [2.45, 2.75) is 25.4 Å². The molecule has 0 bridgehead atoms. The highest BCUT2D eigenvalue weighted by Gasteiger charge is 2.20. The molecule has 1 aliphatic heterocycles. The number of amides is 1. The highest BCUT2D eigenvalue weighted by molar-refractivity contribution is 6.31. The number of carbonyl (C=O) groups is 1. The Morgan fingerprint density at radius 1 is 1.33 bits per heavy atom. The van der Waals surface area contributed by atoms with Gasteiger partial charge < -0.3 is 14.4 Å². The van der Waals surface area contributed by atoms with Crippen molar-refractivity contribution < 1.29 is 14.3 Å². The van der Waals surface area contributed by atoms with Crippen LogP contribution in [0.15, 0.2) is 42.5 Å². The third kappa shape index (κ3) is 4.79. The molecule has 5 nitrogen and oxygen atoms in total. The van der Waals surface area contributed by atoms with Gasteiger partial charge in [0, 0.05) is 25.8 Å². The standard InChI is InChI=1S/C21H21ClN2O3/c1-24(14-17-7-2-3-11-26-17)21(25)15-6-4-8-16(12-15)27-20-10-5-9-19(22)18(20)13-23/h4-6,8-10,12,17H,2-3,7,11,14H2,1H3. The summed E-state index contributed by atoms with van der Waals surface area (Å²) in [5, 5.41) is 9.59. The summed E-state index contributed by atoms with van der Waals surface area (Å²) in [6.45, 7) is 1.33. The van der Waals surface area contributed by atoms with Gasteiger partial charge >= 0.3 is 0 Å². The van der Waals surface area contributed by atoms with Crippen LogP contribution in [-0.4, -0.2) is 37.1 Å². The van der Waals surface area contributed by atoms with Crippen molar-refractivity contribution in [1.29, 1.82) is 5.26 Å². The zero-order valence-corrected chi connectivity index (χ0v) is 15.9. The summed E-state index contributed by atoms with van der Waals surface area (Å²) in [4.78, 5) is 14.4. The molecule has 0 aromatic heterocycles. The van der Waals surface area contributed by atoms with Gasteiger partial charge in [0.05, 0.1) is 11.1 Å². The van der Waals surface area contributed by atoms with Crippen LogP contribution in [0.25, 0.3) is 0 Å². The van der Waals surface area contributed by atoms with Gasteiger partial charge in [-0.05, 0) is 49.6 Å². The number of halogens is 1. The lowest BCUT2D eigenvalue weighted by Gasteiger charge is -2.27. The molecular weight excluding hydrogens is 364 g/mol. The first-order valence-corrected chi connectivity index (χ1v) is 9.30. The first kappa shape index (κ1) is 19.2. The Hall–Kier alpha value is -2.55. The number of rotatable bonds is 5. The Morgan fingerprint density at radius 3 is 2.89 bits per heavy atom. The molecule has 0 aliphatic carbocycles. The molecule has 140 valence electrons. The fourth-order valence-corrected chi connectivity index (χ4v) is 3.29. The predicted octanol–water partition coefficient (Wildman–Crippen LogP) is 4.65. The molecule has 1 heterocycles. The third-order valence-corrected chi connectivity index (χ3v) is 4.81. The van der Waals surface area contributed by atoms with E-state index in [0.717, 1.165) is 25.9 Å². The highest BCUT2D eigenvalue weighted by Crippen LogP contribution is 2.30. The first-order valence-electron chi connectivity index (χ1n) is 8.92. The highest BCUT2D eigenvalue weighted by atomic mass is 35.5. The molecule has 1 fully saturated rings. The van der Waals surface area contributed by atoms with Crippen LogP contribution in [0, 0.1) is 11.3 Å². The second kappa shape index (κ2) is 8.90. The molecule has 1 aliphatic rings. The van der Waals surface area contributed by atoms with Crippen molar-refractivity contribution in [2.24, 2.45) is 0 Å². The number of hydrogen-bond donors (Lipinski definition) is 0. The van der Waals surface area contributed by atoms with Crippen molar-refractivity contribution in [2.75, 3.05) is 20.2 Å². The lowest BCUT2D eigenvalue weighted by atomic mass is 10.1. The average molecular weight is 385 g/mol. The summed E-state index contributed by atoms with van der Waals surface area (Å²) < 4.78 is 11.5. The van der Waals surface area contributed by atoms with Crippen molar-refractivity contribution >= 4 is 17.5 Å². The Kier molecular flexibility index (Phi) is 6.33. The molecule has 1 saturated heterocycles. The smallest absolute Gasteiger partial charge is 0.253 e. The number of nitrogens with zero attached hydrogens (tertiary/aromatic N) is 2. The molecule has 2 aromatic carbocycles. The molecule has 1 atom stereocenters. The minimum atomic E-state index is -0.0961. The molecule has 0 radical (unpaired) electrons. The first-order chi connectivity index (χ1) is 13.1. The quantitative estimate of drug-likeness (QED) is 0.753. The maximum Gasteiger partial charge on any atom is 0.253 e. The lowest BCUT2D eigenvalue weighted by molar-refractivity contribution is -0.000190. The topological polar surface area (TPSA) is 62.6 Å². The van der Waals surface area contributed by atoms with E-state index in [1.165, 1.54) is 0 Å². The molecule has 1 amide bonds. The number of ether oxygens (including phenoxy) is 2. The number of benzene rings is 2. The van der Waals surface area contributed by atoms with Crippen molar-refractivity contribution in [3.8, 4) is 17.6 Å². The molecule has 0 N–H and O–H groups in total. The van der Waals surface area contributed by atoms with Crippen molar-refractivity contribution in [1.82, 2.24) is 4.90 Å². The fraction of sp³-hybridized carbons (Fsp3) is 0.333. The molecule has 27 heavy (non-hydrogen) atoms. The Labute approximate surface area is 164 Å². The van der Waals surface area contributed by atoms with Gasteiger partial charge in [0.1, 0.15) is 23.1 Å². The number of carbonyl (C=O) groups excluding carboxylic acids is 1. The summed E-state index contributed by atoms with van der Waals surface area (Å²) in [6.07, 6.45) is 3.29. The van der Waals surface area contributed by atoms with E-state index < -0.39 is 0 Å². The van der Waals surface area contributed by atoms with Crippen LogP contribution >= 0.6 is 11.6 Å². The van der Waals surface area contributed by atoms with Crippen LogP contribution in [0.1, 0.15) is 35.2 Å². The molecule has 2 aromatic rings. The van der Waals surface area contributed by atoms with E-state index in [4.69, 9.17) is 21.1 Å². The number of nitriles is 1. The second-order valence-corrected chi connectivity index (χ2v) is 6.94. The van der Waals surface area contributed by atoms with Crippen LogP contribution in [0.2, 0.25) is 5.02 Å². The van der Waals surface area contributed by atoms with E-state index in [2.05, 4.69) is 0 Å². The van der Waals surface area contributed by atoms with Crippen molar-refractivity contribution in [3.05, 3.63) is 58.6 Å². The van der Waals surface area contributed by atoms with Gasteiger partial charge in [-0.1, -0.05) is 23.7 Å². The Balaban J connectivity index is 1.72. The monoisotopic (exact) mass is 384 g/mol. The van der Waals surface area contributed by atoms with E-state index in [0.29, 0.717) is 28.6 Å². The van der Waals surface area contributed by atoms with E-state index >= 15 is 0 Å². The normalized spacial score (nSPS) is 16.4. The summed E-state index contributed by atoms with van der Waals surface area (Å²) in [5.41, 5.74) is 0.786. The SMILES string of the molecule is CN(CC1CCCCO1)C(=O)c1cccc(Oc2cccc(Cl)c2C#N)c1. The summed E-state index contributed by atoms with van der Waals surface area (Å²) in [6, 6.07) is 14.0. The summed E-state index contributed by atoms with van der Waals surface area (Å²) in [5.74, 6) is 0.738. The molecule has 0 saturated carbocycles. The van der Waals surface area contributed by atoms with Crippen LogP contribution in [0.3, 0.4) is 0 Å². The minimum absolute atomic E-state index is 0.0942. The fourth-order valence-electron chi connectivity index (χ4n) is 3.08. The maximum absolute atomic E-state index is 12.7. The van der Waals surface area contributed by atoms with Gasteiger partial charge in [0.2, 0.25) is 0 Å². The Morgan fingerprint density at radius 2 is 2.15 bits per heavy atom.